The summed E-state index contributed by atoms with van der Waals surface area (Å²) in [7, 11) is 2.17. The number of benzene rings is 2. The highest BCUT2D eigenvalue weighted by Gasteiger charge is 2.22. The van der Waals surface area contributed by atoms with Gasteiger partial charge in [0, 0.05) is 48.2 Å². The molecule has 0 saturated heterocycles. The van der Waals surface area contributed by atoms with Crippen LogP contribution in [0.4, 0.5) is 0 Å². The average molecular weight is 395 g/mol. The fraction of sp³-hybridized carbons (Fsp3) is 0.273. The van der Waals surface area contributed by atoms with Crippen LogP contribution in [0.25, 0.3) is 10.9 Å². The Bertz CT molecular complexity index is 1040. The number of hydrogen-bond donors (Lipinski definition) is 3. The highest BCUT2D eigenvalue weighted by Crippen LogP contribution is 2.31. The second-order valence-corrected chi connectivity index (χ2v) is 7.21. The molecule has 0 radical (unpaired) electrons. The molecule has 3 aromatic rings. The third kappa shape index (κ3) is 4.16. The largest absolute Gasteiger partial charge is 0.483 e. The normalized spacial score (nSPS) is 13.3. The van der Waals surface area contributed by atoms with Crippen LogP contribution in [-0.4, -0.2) is 45.8 Å². The van der Waals surface area contributed by atoms with Crippen LogP contribution in [0.1, 0.15) is 32.7 Å². The van der Waals surface area contributed by atoms with Gasteiger partial charge in [-0.25, -0.2) is 5.48 Å². The van der Waals surface area contributed by atoms with Crippen molar-refractivity contribution in [2.24, 2.45) is 0 Å². The third-order valence-corrected chi connectivity index (χ3v) is 5.33. The minimum Gasteiger partial charge on any atom is -0.483 e. The Balaban J connectivity index is 0.000000755. The molecule has 0 saturated carbocycles. The average Bonchev–Trinajstić information content (AvgIpc) is 3.01. The maximum atomic E-state index is 11.7. The summed E-state index contributed by atoms with van der Waals surface area (Å²) in [6.45, 7) is 4.48. The van der Waals surface area contributed by atoms with Gasteiger partial charge in [0.2, 0.25) is 0 Å². The summed E-state index contributed by atoms with van der Waals surface area (Å²) in [5, 5.41) is 17.1. The molecule has 1 aromatic heterocycles. The first kappa shape index (κ1) is 20.6. The number of likely N-dealkylation sites (N-methyl/N-ethyl adjacent to an activating group) is 1. The van der Waals surface area contributed by atoms with Crippen LogP contribution in [0.5, 0.6) is 0 Å². The number of nitrogens with one attached hydrogen (secondary N) is 1. The molecule has 1 aliphatic heterocycles. The molecule has 0 spiro atoms. The van der Waals surface area contributed by atoms with Crippen LogP contribution in [0, 0.1) is 6.92 Å². The van der Waals surface area contributed by atoms with Gasteiger partial charge < -0.3 is 14.6 Å². The van der Waals surface area contributed by atoms with Crippen LogP contribution in [0.3, 0.4) is 0 Å². The molecular weight excluding hydrogens is 370 g/mol. The van der Waals surface area contributed by atoms with E-state index in [9.17, 15) is 4.79 Å². The van der Waals surface area contributed by atoms with Gasteiger partial charge in [0.25, 0.3) is 12.4 Å². The molecule has 0 atom stereocenters. The lowest BCUT2D eigenvalue weighted by Crippen LogP contribution is -2.27. The fourth-order valence-electron chi connectivity index (χ4n) is 4.04. The Labute approximate surface area is 169 Å². The number of carboxylic acid groups (broad SMARTS) is 1. The highest BCUT2D eigenvalue weighted by atomic mass is 16.5. The van der Waals surface area contributed by atoms with Crippen molar-refractivity contribution in [3.8, 4) is 0 Å². The minimum absolute atomic E-state index is 0.250. The smallest absolute Gasteiger partial charge is 0.290 e. The molecule has 0 unspecified atom stereocenters. The monoisotopic (exact) mass is 395 g/mol. The highest BCUT2D eigenvalue weighted by molar-refractivity contribution is 5.94. The molecule has 2 heterocycles. The van der Waals surface area contributed by atoms with Crippen LogP contribution < -0.4 is 5.48 Å². The lowest BCUT2D eigenvalue weighted by atomic mass is 10.0. The predicted octanol–water partition coefficient (Wildman–Crippen LogP) is 2.81. The number of rotatable bonds is 3. The van der Waals surface area contributed by atoms with Crippen molar-refractivity contribution in [1.82, 2.24) is 14.9 Å². The molecule has 1 aliphatic rings. The van der Waals surface area contributed by atoms with Crippen molar-refractivity contribution in [2.45, 2.75) is 26.4 Å². The summed E-state index contributed by atoms with van der Waals surface area (Å²) < 4.78 is 2.41. The molecule has 3 N–H and O–H groups in total. The van der Waals surface area contributed by atoms with E-state index in [2.05, 4.69) is 40.8 Å². The maximum Gasteiger partial charge on any atom is 0.290 e. The first-order chi connectivity index (χ1) is 14.0. The number of fused-ring (bicyclic) bond motifs is 3. The Kier molecular flexibility index (Phi) is 6.31. The van der Waals surface area contributed by atoms with E-state index in [4.69, 9.17) is 15.1 Å². The van der Waals surface area contributed by atoms with E-state index in [1.807, 2.05) is 19.1 Å². The second kappa shape index (κ2) is 8.89. The van der Waals surface area contributed by atoms with Gasteiger partial charge in [-0.05, 0) is 42.8 Å². The van der Waals surface area contributed by atoms with Gasteiger partial charge in [0.1, 0.15) is 0 Å². The molecule has 4 rings (SSSR count). The number of para-hydroxylation sites is 1. The molecule has 1 amide bonds. The lowest BCUT2D eigenvalue weighted by molar-refractivity contribution is -0.122. The first-order valence-corrected chi connectivity index (χ1v) is 9.39. The van der Waals surface area contributed by atoms with Gasteiger partial charge in [-0.2, -0.15) is 0 Å². The number of hydrogen-bond acceptors (Lipinski definition) is 4. The molecule has 0 fully saturated rings. The van der Waals surface area contributed by atoms with Crippen molar-refractivity contribution in [2.75, 3.05) is 13.6 Å². The molecule has 7 heteroatoms. The van der Waals surface area contributed by atoms with Crippen molar-refractivity contribution >= 4 is 23.3 Å². The second-order valence-electron chi connectivity index (χ2n) is 7.21. The lowest BCUT2D eigenvalue weighted by Gasteiger charge is -2.24. The molecule has 29 heavy (non-hydrogen) atoms. The predicted molar refractivity (Wildman–Crippen MR) is 110 cm³/mol. The Hall–Kier alpha value is -3.16. The number of aryl methyl sites for hydroxylation is 1. The fourth-order valence-corrected chi connectivity index (χ4v) is 4.04. The van der Waals surface area contributed by atoms with Crippen LogP contribution in [0.15, 0.2) is 42.5 Å². The zero-order valence-electron chi connectivity index (χ0n) is 16.6. The quantitative estimate of drug-likeness (QED) is 0.360. The molecule has 0 bridgehead atoms. The van der Waals surface area contributed by atoms with Crippen molar-refractivity contribution < 1.29 is 19.9 Å². The number of carbonyl (C=O) groups excluding carboxylic acids is 1. The molecule has 152 valence electrons. The van der Waals surface area contributed by atoms with Gasteiger partial charge in [-0.1, -0.05) is 30.3 Å². The molecule has 2 aromatic carbocycles. The number of hydroxylamine groups is 1. The maximum absolute atomic E-state index is 11.7. The number of nitrogens with zero attached hydrogens (tertiary/aromatic N) is 2. The van der Waals surface area contributed by atoms with Crippen molar-refractivity contribution in [3.05, 3.63) is 70.4 Å². The minimum atomic E-state index is -0.471. The zero-order chi connectivity index (χ0) is 21.0. The van der Waals surface area contributed by atoms with Gasteiger partial charge >= 0.3 is 0 Å². The van der Waals surface area contributed by atoms with Crippen LogP contribution >= 0.6 is 0 Å². The summed E-state index contributed by atoms with van der Waals surface area (Å²) in [5.41, 5.74) is 8.33. The van der Waals surface area contributed by atoms with Crippen molar-refractivity contribution in [1.29, 1.82) is 0 Å². The Morgan fingerprint density at radius 2 is 1.97 bits per heavy atom. The van der Waals surface area contributed by atoms with Gasteiger partial charge in [-0.3, -0.25) is 14.8 Å². The standard InChI is InChI=1S/C21H23N3O2.CH2O2/c1-14-11-15(7-8-16(14)21(25)22-26)12-24-19-6-4-3-5-17(19)18-13-23(2)10-9-20(18)24;2-1-3/h3-8,11,26H,9-10,12-13H2,1-2H3,(H,22,25);1H,(H,2,3). The summed E-state index contributed by atoms with van der Waals surface area (Å²) in [6.07, 6.45) is 1.05. The van der Waals surface area contributed by atoms with E-state index in [-0.39, 0.29) is 6.47 Å². The Morgan fingerprint density at radius 3 is 2.66 bits per heavy atom. The number of aromatic nitrogens is 1. The number of amides is 1. The van der Waals surface area contributed by atoms with Gasteiger partial charge in [0.05, 0.1) is 0 Å². The molecular formula is C22H25N3O4. The van der Waals surface area contributed by atoms with E-state index < -0.39 is 5.91 Å². The Morgan fingerprint density at radius 1 is 1.24 bits per heavy atom. The summed E-state index contributed by atoms with van der Waals surface area (Å²) >= 11 is 0. The van der Waals surface area contributed by atoms with Gasteiger partial charge in [-0.15, -0.1) is 0 Å². The topological polar surface area (TPSA) is 94.8 Å². The van der Waals surface area contributed by atoms with Crippen LogP contribution in [-0.2, 0) is 24.3 Å². The first-order valence-electron chi connectivity index (χ1n) is 9.39. The molecule has 0 aliphatic carbocycles. The van der Waals surface area contributed by atoms with E-state index in [1.54, 1.807) is 11.5 Å². The summed E-state index contributed by atoms with van der Waals surface area (Å²) in [5.74, 6) is -0.471. The van der Waals surface area contributed by atoms with E-state index in [1.165, 1.54) is 22.2 Å². The number of carbonyl (C=O) groups is 2. The molecule has 7 nitrogen and oxygen atoms in total. The van der Waals surface area contributed by atoms with Crippen LogP contribution in [0.2, 0.25) is 0 Å². The van der Waals surface area contributed by atoms with Gasteiger partial charge in [0.15, 0.2) is 0 Å². The summed E-state index contributed by atoms with van der Waals surface area (Å²) in [4.78, 5) is 22.4. The third-order valence-electron chi connectivity index (χ3n) is 5.33. The van der Waals surface area contributed by atoms with E-state index >= 15 is 0 Å². The van der Waals surface area contributed by atoms with E-state index in [0.29, 0.717) is 5.56 Å². The van der Waals surface area contributed by atoms with Crippen molar-refractivity contribution in [3.63, 3.8) is 0 Å². The zero-order valence-corrected chi connectivity index (χ0v) is 16.6. The SMILES string of the molecule is Cc1cc(Cn2c3c(c4ccccc42)CN(C)CC3)ccc1C(=O)NO.O=CO. The van der Waals surface area contributed by atoms with E-state index in [0.717, 1.165) is 37.2 Å². The summed E-state index contributed by atoms with van der Waals surface area (Å²) in [6, 6.07) is 14.4.